The molecule has 2 saturated carbocycles. The molecule has 4 aliphatic rings. The van der Waals surface area contributed by atoms with Crippen molar-refractivity contribution >= 4 is 11.5 Å². The van der Waals surface area contributed by atoms with Gasteiger partial charge in [0, 0.05) is 30.0 Å². The minimum Gasteiger partial charge on any atom is -0.393 e. The van der Waals surface area contributed by atoms with Crippen LogP contribution in [0.25, 0.3) is 0 Å². The van der Waals surface area contributed by atoms with Gasteiger partial charge in [-0.1, -0.05) is 24.6 Å². The molecule has 4 aliphatic carbocycles. The van der Waals surface area contributed by atoms with Crippen molar-refractivity contribution in [1.29, 1.82) is 0 Å². The molecule has 1 aromatic rings. The van der Waals surface area contributed by atoms with Gasteiger partial charge in [0.1, 0.15) is 0 Å². The maximum Gasteiger partial charge on any atom is 0.156 e. The van der Waals surface area contributed by atoms with Crippen molar-refractivity contribution in [3.05, 3.63) is 52.6 Å². The van der Waals surface area contributed by atoms with Crippen molar-refractivity contribution in [2.75, 3.05) is 11.9 Å². The Hall–Kier alpha value is -2.31. The first-order chi connectivity index (χ1) is 16.6. The molecule has 0 aliphatic heterocycles. The van der Waals surface area contributed by atoms with Crippen LogP contribution >= 0.6 is 0 Å². The zero-order valence-corrected chi connectivity index (χ0v) is 22.3. The first-order valence-corrected chi connectivity index (χ1v) is 13.5. The number of anilines is 1. The van der Waals surface area contributed by atoms with Crippen LogP contribution in [-0.4, -0.2) is 23.5 Å². The average Bonchev–Trinajstić information content (AvgIpc) is 3.13. The third kappa shape index (κ3) is 5.14. The summed E-state index contributed by atoms with van der Waals surface area (Å²) in [7, 11) is 0. The number of fused-ring (bicyclic) bond motifs is 4. The molecule has 0 spiro atoms. The van der Waals surface area contributed by atoms with Crippen LogP contribution in [0.5, 0.6) is 0 Å². The van der Waals surface area contributed by atoms with E-state index in [1.165, 1.54) is 22.4 Å². The van der Waals surface area contributed by atoms with Crippen molar-refractivity contribution in [2.24, 2.45) is 22.7 Å². The number of carbonyl (C=O) groups excluding carboxylic acids is 1. The molecular weight excluding hydrogens is 430 g/mol. The summed E-state index contributed by atoms with van der Waals surface area (Å²) in [5, 5.41) is 14.3. The molecule has 0 bridgehead atoms. The fourth-order valence-corrected chi connectivity index (χ4v) is 6.97. The fraction of sp³-hybridized carbons (Fsp3) is 0.594. The van der Waals surface area contributed by atoms with E-state index in [1.807, 2.05) is 26.8 Å². The summed E-state index contributed by atoms with van der Waals surface area (Å²) in [6, 6.07) is 8.96. The average molecular weight is 474 g/mol. The molecule has 0 radical (unpaired) electrons. The van der Waals surface area contributed by atoms with Gasteiger partial charge < -0.3 is 10.4 Å². The number of terminal acetylenes is 1. The van der Waals surface area contributed by atoms with Crippen LogP contribution in [0.4, 0.5) is 5.69 Å². The van der Waals surface area contributed by atoms with E-state index in [1.54, 1.807) is 5.57 Å². The monoisotopic (exact) mass is 473 g/mol. The largest absolute Gasteiger partial charge is 0.393 e. The highest BCUT2D eigenvalue weighted by Crippen LogP contribution is 2.63. The fourth-order valence-electron chi connectivity index (χ4n) is 6.97. The zero-order chi connectivity index (χ0) is 25.4. The van der Waals surface area contributed by atoms with Gasteiger partial charge in [0.2, 0.25) is 0 Å². The molecule has 5 atom stereocenters. The first-order valence-electron chi connectivity index (χ1n) is 13.5. The standard InChI is InChI=1S/C26H33NO2.C6H10/c1-3-27-18-7-4-16(5-8-18)22-15-26(2)23(12-13-24(26)29)21-10-6-17-14-19(28)9-11-20(17)25(21)22;1-5-6(2,3)4/h4-5,7-8,14,21-24,27,29H,3,6,9-13,15H2,1-2H3;1H,2-4H3. The lowest BCUT2D eigenvalue weighted by Gasteiger charge is -2.52. The van der Waals surface area contributed by atoms with E-state index in [0.717, 1.165) is 45.1 Å². The Balaban J connectivity index is 0.000000431. The highest BCUT2D eigenvalue weighted by molar-refractivity contribution is 5.93. The number of carbonyl (C=O) groups is 1. The predicted molar refractivity (Wildman–Crippen MR) is 145 cm³/mol. The quantitative estimate of drug-likeness (QED) is 0.463. The van der Waals surface area contributed by atoms with Crippen molar-refractivity contribution in [1.82, 2.24) is 0 Å². The van der Waals surface area contributed by atoms with E-state index in [4.69, 9.17) is 6.42 Å². The van der Waals surface area contributed by atoms with Gasteiger partial charge in [-0.15, -0.1) is 12.3 Å². The minimum atomic E-state index is -0.188. The molecule has 0 saturated heterocycles. The smallest absolute Gasteiger partial charge is 0.156 e. The van der Waals surface area contributed by atoms with Gasteiger partial charge in [0.15, 0.2) is 5.78 Å². The number of allylic oxidation sites excluding steroid dienone is 4. The number of aliphatic hydroxyl groups is 1. The molecule has 35 heavy (non-hydrogen) atoms. The molecule has 0 aromatic heterocycles. The van der Waals surface area contributed by atoms with Crippen LogP contribution in [0.3, 0.4) is 0 Å². The molecule has 188 valence electrons. The second kappa shape index (κ2) is 9.98. The summed E-state index contributed by atoms with van der Waals surface area (Å²) >= 11 is 0. The van der Waals surface area contributed by atoms with Gasteiger partial charge in [0.25, 0.3) is 0 Å². The van der Waals surface area contributed by atoms with E-state index in [2.05, 4.69) is 49.4 Å². The second-order valence-electron chi connectivity index (χ2n) is 12.2. The third-order valence-electron chi connectivity index (χ3n) is 8.81. The maximum absolute atomic E-state index is 12.1. The second-order valence-corrected chi connectivity index (χ2v) is 12.2. The van der Waals surface area contributed by atoms with Gasteiger partial charge in [-0.25, -0.2) is 0 Å². The summed E-state index contributed by atoms with van der Waals surface area (Å²) in [4.78, 5) is 12.1. The van der Waals surface area contributed by atoms with Crippen LogP contribution in [0.15, 0.2) is 47.1 Å². The summed E-state index contributed by atoms with van der Waals surface area (Å²) < 4.78 is 0. The Morgan fingerprint density at radius 2 is 1.80 bits per heavy atom. The Labute approximate surface area is 212 Å². The number of benzene rings is 1. The number of hydrogen-bond acceptors (Lipinski definition) is 3. The maximum atomic E-state index is 12.1. The first kappa shape index (κ1) is 25.8. The van der Waals surface area contributed by atoms with Gasteiger partial charge in [-0.2, -0.15) is 0 Å². The minimum absolute atomic E-state index is 0.00539. The molecule has 2 N–H and O–H groups in total. The van der Waals surface area contributed by atoms with Crippen LogP contribution < -0.4 is 5.32 Å². The number of aliphatic hydroxyl groups excluding tert-OH is 1. The lowest BCUT2D eigenvalue weighted by molar-refractivity contribution is -0.114. The topological polar surface area (TPSA) is 49.3 Å². The number of ketones is 1. The molecule has 0 heterocycles. The molecule has 0 amide bonds. The normalized spacial score (nSPS) is 31.8. The molecule has 2 fully saturated rings. The Morgan fingerprint density at radius 1 is 1.11 bits per heavy atom. The van der Waals surface area contributed by atoms with E-state index in [0.29, 0.717) is 30.0 Å². The van der Waals surface area contributed by atoms with E-state index in [9.17, 15) is 9.90 Å². The number of rotatable bonds is 3. The Bertz CT molecular complexity index is 1050. The predicted octanol–water partition coefficient (Wildman–Crippen LogP) is 7.04. The van der Waals surface area contributed by atoms with Crippen molar-refractivity contribution in [3.8, 4) is 12.3 Å². The lowest BCUT2D eigenvalue weighted by atomic mass is 9.53. The van der Waals surface area contributed by atoms with E-state index < -0.39 is 0 Å². The van der Waals surface area contributed by atoms with Crippen molar-refractivity contribution in [2.45, 2.75) is 91.6 Å². The summed E-state index contributed by atoms with van der Waals surface area (Å²) in [6.45, 7) is 11.4. The lowest BCUT2D eigenvalue weighted by Crippen LogP contribution is -2.45. The van der Waals surface area contributed by atoms with E-state index >= 15 is 0 Å². The van der Waals surface area contributed by atoms with Crippen molar-refractivity contribution in [3.63, 3.8) is 0 Å². The molecule has 5 rings (SSSR count). The van der Waals surface area contributed by atoms with Gasteiger partial charge >= 0.3 is 0 Å². The van der Waals surface area contributed by atoms with Gasteiger partial charge in [-0.05, 0) is 118 Å². The zero-order valence-electron chi connectivity index (χ0n) is 22.3. The van der Waals surface area contributed by atoms with Crippen LogP contribution in [0.1, 0.15) is 91.0 Å². The SMILES string of the molecule is C#CC(C)(C)C.CCNc1ccc(C2CC3(C)C(O)CCC3C3CCC4=CC(=O)CCC4=C23)cc1. The van der Waals surface area contributed by atoms with Crippen molar-refractivity contribution < 1.29 is 9.90 Å². The van der Waals surface area contributed by atoms with Gasteiger partial charge in [-0.3, -0.25) is 4.79 Å². The van der Waals surface area contributed by atoms with Crippen LogP contribution in [-0.2, 0) is 4.79 Å². The summed E-state index contributed by atoms with van der Waals surface area (Å²) in [5.41, 5.74) is 7.03. The number of hydrogen-bond donors (Lipinski definition) is 2. The Morgan fingerprint density at radius 3 is 2.43 bits per heavy atom. The summed E-state index contributed by atoms with van der Waals surface area (Å²) in [5.74, 6) is 4.40. The third-order valence-corrected chi connectivity index (χ3v) is 8.81. The van der Waals surface area contributed by atoms with Gasteiger partial charge in [0.05, 0.1) is 6.10 Å². The molecule has 3 nitrogen and oxygen atoms in total. The highest BCUT2D eigenvalue weighted by Gasteiger charge is 2.56. The van der Waals surface area contributed by atoms with Crippen LogP contribution in [0.2, 0.25) is 0 Å². The molecule has 3 heteroatoms. The summed E-state index contributed by atoms with van der Waals surface area (Å²) in [6.07, 6.45) is 13.6. The highest BCUT2D eigenvalue weighted by atomic mass is 16.3. The molecule has 5 unspecified atom stereocenters. The Kier molecular flexibility index (Phi) is 7.35. The van der Waals surface area contributed by atoms with Crippen LogP contribution in [0, 0.1) is 35.0 Å². The molecule has 1 aromatic carbocycles. The molecular formula is C32H43NO2. The number of nitrogens with one attached hydrogen (secondary N) is 1. The van der Waals surface area contributed by atoms with E-state index in [-0.39, 0.29) is 16.9 Å².